The number of carboxylic acids is 1. The highest BCUT2D eigenvalue weighted by Gasteiger charge is 2.02. The van der Waals surface area contributed by atoms with Crippen molar-refractivity contribution in [2.45, 2.75) is 19.8 Å². The second-order valence-electron chi connectivity index (χ2n) is 3.97. The Labute approximate surface area is 99.5 Å². The first-order valence-corrected chi connectivity index (χ1v) is 5.47. The van der Waals surface area contributed by atoms with Crippen LogP contribution in [0.1, 0.15) is 17.7 Å². The van der Waals surface area contributed by atoms with Crippen LogP contribution in [0.15, 0.2) is 36.8 Å². The summed E-state index contributed by atoms with van der Waals surface area (Å²) in [7, 11) is 0. The van der Waals surface area contributed by atoms with Crippen LogP contribution in [0.25, 0.3) is 5.69 Å². The molecule has 0 saturated carbocycles. The molecule has 2 rings (SSSR count). The van der Waals surface area contributed by atoms with E-state index in [0.717, 1.165) is 16.9 Å². The largest absolute Gasteiger partial charge is 0.481 e. The zero-order valence-electron chi connectivity index (χ0n) is 9.63. The highest BCUT2D eigenvalue weighted by Crippen LogP contribution is 2.12. The van der Waals surface area contributed by atoms with Crippen LogP contribution in [0.2, 0.25) is 0 Å². The minimum absolute atomic E-state index is 0.170. The van der Waals surface area contributed by atoms with Gasteiger partial charge >= 0.3 is 5.97 Å². The van der Waals surface area contributed by atoms with Crippen molar-refractivity contribution in [3.05, 3.63) is 48.0 Å². The molecule has 2 aromatic rings. The molecule has 0 unspecified atom stereocenters. The number of benzene rings is 1. The lowest BCUT2D eigenvalue weighted by atomic mass is 10.1. The molecule has 0 aliphatic rings. The Hall–Kier alpha value is -2.10. The smallest absolute Gasteiger partial charge is 0.303 e. The van der Waals surface area contributed by atoms with E-state index in [0.29, 0.717) is 6.42 Å². The van der Waals surface area contributed by atoms with E-state index < -0.39 is 5.97 Å². The maximum absolute atomic E-state index is 10.5. The van der Waals surface area contributed by atoms with Crippen LogP contribution in [0.5, 0.6) is 0 Å². The van der Waals surface area contributed by atoms with Crippen molar-refractivity contribution in [3.63, 3.8) is 0 Å². The molecule has 0 aliphatic carbocycles. The maximum atomic E-state index is 10.5. The average Bonchev–Trinajstić information content (AvgIpc) is 2.73. The van der Waals surface area contributed by atoms with Gasteiger partial charge in [0.2, 0.25) is 0 Å². The van der Waals surface area contributed by atoms with E-state index in [1.807, 2.05) is 35.8 Å². The predicted octanol–water partition coefficient (Wildman–Crippen LogP) is 2.20. The lowest BCUT2D eigenvalue weighted by Gasteiger charge is -2.06. The summed E-state index contributed by atoms with van der Waals surface area (Å²) in [6.45, 7) is 1.99. The maximum Gasteiger partial charge on any atom is 0.303 e. The molecule has 0 fully saturated rings. The van der Waals surface area contributed by atoms with E-state index in [4.69, 9.17) is 5.11 Å². The van der Waals surface area contributed by atoms with Crippen LogP contribution >= 0.6 is 0 Å². The molecular weight excluding hydrogens is 216 g/mol. The number of carboxylic acid groups (broad SMARTS) is 1. The van der Waals surface area contributed by atoms with Gasteiger partial charge in [-0.2, -0.15) is 0 Å². The number of aromatic nitrogens is 2. The van der Waals surface area contributed by atoms with Gasteiger partial charge in [-0.05, 0) is 31.0 Å². The molecule has 0 amide bonds. The Kier molecular flexibility index (Phi) is 3.23. The summed E-state index contributed by atoms with van der Waals surface area (Å²) in [5, 5.41) is 8.60. The first-order valence-electron chi connectivity index (χ1n) is 5.47. The number of nitrogens with zero attached hydrogens (tertiary/aromatic N) is 2. The summed E-state index contributed by atoms with van der Waals surface area (Å²) in [5.41, 5.74) is 3.15. The number of rotatable bonds is 4. The molecule has 0 saturated heterocycles. The SMILES string of the molecule is Cc1cncn1-c1ccc(CCC(=O)O)cc1. The summed E-state index contributed by atoms with van der Waals surface area (Å²) in [4.78, 5) is 14.5. The van der Waals surface area contributed by atoms with Crippen molar-refractivity contribution in [2.75, 3.05) is 0 Å². The van der Waals surface area contributed by atoms with Gasteiger partial charge in [0.05, 0.1) is 6.33 Å². The highest BCUT2D eigenvalue weighted by molar-refractivity contribution is 5.67. The number of carbonyl (C=O) groups is 1. The van der Waals surface area contributed by atoms with Crippen molar-refractivity contribution in [1.82, 2.24) is 9.55 Å². The minimum atomic E-state index is -0.764. The summed E-state index contributed by atoms with van der Waals surface area (Å²) < 4.78 is 1.99. The van der Waals surface area contributed by atoms with Crippen LogP contribution in [0, 0.1) is 6.92 Å². The fraction of sp³-hybridized carbons (Fsp3) is 0.231. The lowest BCUT2D eigenvalue weighted by molar-refractivity contribution is -0.136. The van der Waals surface area contributed by atoms with Crippen molar-refractivity contribution >= 4 is 5.97 Å². The first kappa shape index (κ1) is 11.4. The molecule has 0 radical (unpaired) electrons. The van der Waals surface area contributed by atoms with E-state index in [-0.39, 0.29) is 6.42 Å². The number of hydrogen-bond acceptors (Lipinski definition) is 2. The van der Waals surface area contributed by atoms with Crippen LogP contribution < -0.4 is 0 Å². The Balaban J connectivity index is 2.13. The normalized spacial score (nSPS) is 10.4. The molecule has 0 spiro atoms. The Bertz CT molecular complexity index is 514. The van der Waals surface area contributed by atoms with E-state index >= 15 is 0 Å². The molecular formula is C13H14N2O2. The zero-order valence-corrected chi connectivity index (χ0v) is 9.63. The van der Waals surface area contributed by atoms with Crippen molar-refractivity contribution in [2.24, 2.45) is 0 Å². The van der Waals surface area contributed by atoms with E-state index in [1.54, 1.807) is 12.5 Å². The molecule has 1 N–H and O–H groups in total. The van der Waals surface area contributed by atoms with Gasteiger partial charge in [-0.3, -0.25) is 4.79 Å². The zero-order chi connectivity index (χ0) is 12.3. The van der Waals surface area contributed by atoms with E-state index in [2.05, 4.69) is 4.98 Å². The monoisotopic (exact) mass is 230 g/mol. The van der Waals surface area contributed by atoms with Crippen molar-refractivity contribution in [3.8, 4) is 5.69 Å². The average molecular weight is 230 g/mol. The Morgan fingerprint density at radius 2 is 2.06 bits per heavy atom. The quantitative estimate of drug-likeness (QED) is 0.876. The predicted molar refractivity (Wildman–Crippen MR) is 64.3 cm³/mol. The Morgan fingerprint density at radius 3 is 2.59 bits per heavy atom. The van der Waals surface area contributed by atoms with Crippen molar-refractivity contribution < 1.29 is 9.90 Å². The molecule has 1 heterocycles. The summed E-state index contributed by atoms with van der Waals surface area (Å²) >= 11 is 0. The number of imidazole rings is 1. The van der Waals surface area contributed by atoms with Gasteiger partial charge in [0, 0.05) is 24.0 Å². The van der Waals surface area contributed by atoms with E-state index in [1.165, 1.54) is 0 Å². The molecule has 17 heavy (non-hydrogen) atoms. The number of hydrogen-bond donors (Lipinski definition) is 1. The fourth-order valence-corrected chi connectivity index (χ4v) is 1.71. The van der Waals surface area contributed by atoms with Gasteiger partial charge in [-0.1, -0.05) is 12.1 Å². The second kappa shape index (κ2) is 4.82. The van der Waals surface area contributed by atoms with Gasteiger partial charge < -0.3 is 9.67 Å². The topological polar surface area (TPSA) is 55.1 Å². The molecule has 0 bridgehead atoms. The summed E-state index contributed by atoms with van der Waals surface area (Å²) in [6, 6.07) is 7.87. The first-order chi connectivity index (χ1) is 8.16. The third-order valence-electron chi connectivity index (χ3n) is 2.67. The number of aryl methyl sites for hydroxylation is 2. The molecule has 1 aromatic carbocycles. The van der Waals surface area contributed by atoms with Gasteiger partial charge in [-0.15, -0.1) is 0 Å². The highest BCUT2D eigenvalue weighted by atomic mass is 16.4. The Morgan fingerprint density at radius 1 is 1.35 bits per heavy atom. The molecule has 0 aliphatic heterocycles. The second-order valence-corrected chi connectivity index (χ2v) is 3.97. The fourth-order valence-electron chi connectivity index (χ4n) is 1.71. The van der Waals surface area contributed by atoms with Crippen LogP contribution in [-0.4, -0.2) is 20.6 Å². The van der Waals surface area contributed by atoms with Gasteiger partial charge in [0.15, 0.2) is 0 Å². The lowest BCUT2D eigenvalue weighted by Crippen LogP contribution is -1.98. The van der Waals surface area contributed by atoms with Crippen LogP contribution in [0.4, 0.5) is 0 Å². The van der Waals surface area contributed by atoms with Crippen molar-refractivity contribution in [1.29, 1.82) is 0 Å². The molecule has 1 aromatic heterocycles. The third kappa shape index (κ3) is 2.72. The number of aliphatic carboxylic acids is 1. The molecule has 4 nitrogen and oxygen atoms in total. The summed E-state index contributed by atoms with van der Waals surface area (Å²) in [5.74, 6) is -0.764. The molecule has 4 heteroatoms. The standard InChI is InChI=1S/C13H14N2O2/c1-10-8-14-9-15(10)12-5-2-11(3-6-12)4-7-13(16)17/h2-3,5-6,8-9H,4,7H2,1H3,(H,16,17). The molecule has 88 valence electrons. The third-order valence-corrected chi connectivity index (χ3v) is 2.67. The molecule has 0 atom stereocenters. The van der Waals surface area contributed by atoms with Crippen LogP contribution in [0.3, 0.4) is 0 Å². The van der Waals surface area contributed by atoms with Crippen LogP contribution in [-0.2, 0) is 11.2 Å². The van der Waals surface area contributed by atoms with Gasteiger partial charge in [0.1, 0.15) is 0 Å². The van der Waals surface area contributed by atoms with Gasteiger partial charge in [0.25, 0.3) is 0 Å². The van der Waals surface area contributed by atoms with E-state index in [9.17, 15) is 4.79 Å². The minimum Gasteiger partial charge on any atom is -0.481 e. The van der Waals surface area contributed by atoms with Gasteiger partial charge in [-0.25, -0.2) is 4.98 Å². The summed E-state index contributed by atoms with van der Waals surface area (Å²) in [6.07, 6.45) is 4.31.